The lowest BCUT2D eigenvalue weighted by molar-refractivity contribution is -0.120. The molecule has 1 aromatic heterocycles. The molecule has 1 saturated heterocycles. The van der Waals surface area contributed by atoms with Crippen molar-refractivity contribution < 1.29 is 22.1 Å². The van der Waals surface area contributed by atoms with E-state index in [0.717, 1.165) is 11.1 Å². The Labute approximate surface area is 204 Å². The number of hydrogen-bond donors (Lipinski definition) is 1. The number of piperidine rings is 1. The molecule has 1 fully saturated rings. The number of halogens is 1. The van der Waals surface area contributed by atoms with Crippen LogP contribution in [0.5, 0.6) is 0 Å². The highest BCUT2D eigenvalue weighted by molar-refractivity contribution is 7.89. The molecule has 4 rings (SSSR count). The quantitative estimate of drug-likeness (QED) is 0.520. The van der Waals surface area contributed by atoms with Crippen molar-refractivity contribution in [3.05, 3.63) is 76.4 Å². The maximum atomic E-state index is 14.0. The summed E-state index contributed by atoms with van der Waals surface area (Å²) in [7, 11) is -4.00. The molecule has 35 heavy (non-hydrogen) atoms. The summed E-state index contributed by atoms with van der Waals surface area (Å²) in [5.74, 6) is -1.11. The summed E-state index contributed by atoms with van der Waals surface area (Å²) in [5.41, 5.74) is 3.27. The molecule has 1 unspecified atom stereocenters. The zero-order valence-corrected chi connectivity index (χ0v) is 20.7. The second-order valence-electron chi connectivity index (χ2n) is 8.88. The predicted octanol–water partition coefficient (Wildman–Crippen LogP) is 4.95. The van der Waals surface area contributed by atoms with E-state index >= 15 is 0 Å². The molecule has 0 bridgehead atoms. The average molecular weight is 498 g/mol. The Bertz CT molecular complexity index is 1360. The number of aromatic nitrogens is 1. The summed E-state index contributed by atoms with van der Waals surface area (Å²) in [4.78, 5) is 12.9. The lowest BCUT2D eigenvalue weighted by Gasteiger charge is -2.31. The van der Waals surface area contributed by atoms with Gasteiger partial charge in [0.25, 0.3) is 0 Å². The van der Waals surface area contributed by atoms with Gasteiger partial charge in [-0.2, -0.15) is 4.31 Å². The Morgan fingerprint density at radius 2 is 1.86 bits per heavy atom. The number of hydrogen-bond acceptors (Lipinski definition) is 5. The van der Waals surface area contributed by atoms with Gasteiger partial charge in [0.1, 0.15) is 11.5 Å². The topological polar surface area (TPSA) is 92.5 Å². The van der Waals surface area contributed by atoms with Crippen molar-refractivity contribution in [3.8, 4) is 0 Å². The molecule has 9 heteroatoms. The van der Waals surface area contributed by atoms with Crippen LogP contribution < -0.4 is 5.32 Å². The van der Waals surface area contributed by atoms with Crippen molar-refractivity contribution in [1.82, 2.24) is 9.46 Å². The van der Waals surface area contributed by atoms with Crippen LogP contribution in [-0.4, -0.2) is 36.9 Å². The third-order valence-corrected chi connectivity index (χ3v) is 8.02. The third-order valence-electron chi connectivity index (χ3n) is 5.99. The first-order valence-electron chi connectivity index (χ1n) is 11.4. The van der Waals surface area contributed by atoms with Gasteiger partial charge in [-0.3, -0.25) is 4.79 Å². The maximum absolute atomic E-state index is 14.0. The minimum atomic E-state index is -4.00. The normalized spacial score (nSPS) is 17.1. The molecule has 7 nitrogen and oxygen atoms in total. The van der Waals surface area contributed by atoms with Crippen molar-refractivity contribution in [2.45, 2.75) is 38.5 Å². The molecule has 0 radical (unpaired) electrons. The van der Waals surface area contributed by atoms with E-state index in [9.17, 15) is 17.6 Å². The van der Waals surface area contributed by atoms with Crippen LogP contribution in [0.4, 0.5) is 10.1 Å². The smallest absolute Gasteiger partial charge is 0.248 e. The minimum Gasteiger partial charge on any atom is -0.355 e. The Morgan fingerprint density at radius 1 is 1.14 bits per heavy atom. The number of anilines is 1. The lowest BCUT2D eigenvalue weighted by atomic mass is 9.98. The van der Waals surface area contributed by atoms with Gasteiger partial charge >= 0.3 is 0 Å². The predicted molar refractivity (Wildman–Crippen MR) is 133 cm³/mol. The van der Waals surface area contributed by atoms with Crippen LogP contribution in [-0.2, 0) is 14.8 Å². The molecule has 0 saturated carbocycles. The van der Waals surface area contributed by atoms with E-state index in [1.54, 1.807) is 25.1 Å². The minimum absolute atomic E-state index is 0.0209. The van der Waals surface area contributed by atoms with Gasteiger partial charge in [-0.15, -0.1) is 0 Å². The zero-order valence-electron chi connectivity index (χ0n) is 19.9. The summed E-state index contributed by atoms with van der Waals surface area (Å²) in [6.07, 6.45) is 3.99. The molecule has 2 aromatic carbocycles. The third kappa shape index (κ3) is 5.52. The SMILES string of the molecule is Cc1cc(C)cc(NC(=O)C2CCCN(S(=O)(=O)c3c(C)noc3/C=C/c3ccccc3F)C2)c1. The van der Waals surface area contributed by atoms with E-state index in [2.05, 4.69) is 10.5 Å². The number of amides is 1. The number of carbonyl (C=O) groups is 1. The van der Waals surface area contributed by atoms with Crippen LogP contribution in [0.25, 0.3) is 12.2 Å². The van der Waals surface area contributed by atoms with E-state index in [4.69, 9.17) is 4.52 Å². The molecule has 2 heterocycles. The Balaban J connectivity index is 1.54. The largest absolute Gasteiger partial charge is 0.355 e. The van der Waals surface area contributed by atoms with Gasteiger partial charge in [0.05, 0.1) is 5.92 Å². The maximum Gasteiger partial charge on any atom is 0.248 e. The molecule has 0 aliphatic carbocycles. The van der Waals surface area contributed by atoms with Crippen LogP contribution >= 0.6 is 0 Å². The molecule has 1 aliphatic heterocycles. The van der Waals surface area contributed by atoms with Gasteiger partial charge in [-0.25, -0.2) is 12.8 Å². The highest BCUT2D eigenvalue weighted by Crippen LogP contribution is 2.30. The fourth-order valence-corrected chi connectivity index (χ4v) is 6.14. The summed E-state index contributed by atoms with van der Waals surface area (Å²) >= 11 is 0. The monoisotopic (exact) mass is 497 g/mol. The Hall–Kier alpha value is -3.30. The van der Waals surface area contributed by atoms with Gasteiger partial charge in [0, 0.05) is 24.3 Å². The van der Waals surface area contributed by atoms with Crippen molar-refractivity contribution in [2.75, 3.05) is 18.4 Å². The molecule has 1 atom stereocenters. The summed E-state index contributed by atoms with van der Waals surface area (Å²) in [6.45, 7) is 5.80. The van der Waals surface area contributed by atoms with E-state index in [0.29, 0.717) is 24.1 Å². The molecule has 0 spiro atoms. The van der Waals surface area contributed by atoms with E-state index in [1.165, 1.54) is 22.5 Å². The van der Waals surface area contributed by atoms with Gasteiger partial charge in [0.15, 0.2) is 10.7 Å². The molecular formula is C26H28FN3O4S. The standard InChI is InChI=1S/C26H28FN3O4S/c1-17-13-18(2)15-22(14-17)28-26(31)21-8-6-12-30(16-21)35(32,33)25-19(3)29-34-24(25)11-10-20-7-4-5-9-23(20)27/h4-5,7,9-11,13-15,21H,6,8,12,16H2,1-3H3,(H,28,31)/b11-10+. The molecule has 1 N–H and O–H groups in total. The molecule has 184 valence electrons. The van der Waals surface area contributed by atoms with E-state index in [1.807, 2.05) is 32.0 Å². The van der Waals surface area contributed by atoms with Crippen LogP contribution in [0.15, 0.2) is 51.9 Å². The molecule has 1 aliphatic rings. The van der Waals surface area contributed by atoms with Gasteiger partial charge < -0.3 is 9.84 Å². The number of nitrogens with one attached hydrogen (secondary N) is 1. The van der Waals surface area contributed by atoms with Crippen LogP contribution in [0.1, 0.15) is 41.0 Å². The number of aryl methyl sites for hydroxylation is 3. The lowest BCUT2D eigenvalue weighted by Crippen LogP contribution is -2.43. The number of nitrogens with zero attached hydrogens (tertiary/aromatic N) is 2. The van der Waals surface area contributed by atoms with Crippen molar-refractivity contribution >= 4 is 33.8 Å². The summed E-state index contributed by atoms with van der Waals surface area (Å²) < 4.78 is 47.7. The highest BCUT2D eigenvalue weighted by atomic mass is 32.2. The Kier molecular flexibility index (Phi) is 7.18. The number of sulfonamides is 1. The molecule has 3 aromatic rings. The van der Waals surface area contributed by atoms with E-state index < -0.39 is 21.8 Å². The van der Waals surface area contributed by atoms with Crippen LogP contribution in [0, 0.1) is 32.5 Å². The summed E-state index contributed by atoms with van der Waals surface area (Å²) in [5, 5.41) is 6.76. The fourth-order valence-electron chi connectivity index (χ4n) is 4.37. The Morgan fingerprint density at radius 3 is 2.57 bits per heavy atom. The van der Waals surface area contributed by atoms with E-state index in [-0.39, 0.29) is 35.3 Å². The zero-order chi connectivity index (χ0) is 25.2. The highest BCUT2D eigenvalue weighted by Gasteiger charge is 2.37. The first-order chi connectivity index (χ1) is 16.6. The van der Waals surface area contributed by atoms with Crippen molar-refractivity contribution in [2.24, 2.45) is 5.92 Å². The first kappa shape index (κ1) is 24.8. The van der Waals surface area contributed by atoms with Crippen LogP contribution in [0.3, 0.4) is 0 Å². The second-order valence-corrected chi connectivity index (χ2v) is 10.8. The molecular weight excluding hydrogens is 469 g/mol. The van der Waals surface area contributed by atoms with Gasteiger partial charge in [0.2, 0.25) is 15.9 Å². The number of benzene rings is 2. The summed E-state index contributed by atoms with van der Waals surface area (Å²) in [6, 6.07) is 11.9. The number of rotatable bonds is 6. The first-order valence-corrected chi connectivity index (χ1v) is 12.9. The van der Waals surface area contributed by atoms with Crippen molar-refractivity contribution in [3.63, 3.8) is 0 Å². The molecule has 1 amide bonds. The average Bonchev–Trinajstić information content (AvgIpc) is 3.19. The number of carbonyl (C=O) groups excluding carboxylic acids is 1. The van der Waals surface area contributed by atoms with Crippen LogP contribution in [0.2, 0.25) is 0 Å². The van der Waals surface area contributed by atoms with Crippen molar-refractivity contribution in [1.29, 1.82) is 0 Å². The van der Waals surface area contributed by atoms with Gasteiger partial charge in [-0.05, 0) is 75.1 Å². The van der Waals surface area contributed by atoms with Gasteiger partial charge in [-0.1, -0.05) is 29.4 Å². The fraction of sp³-hybridized carbons (Fsp3) is 0.308. The second kappa shape index (κ2) is 10.1.